The SMILES string of the molecule is CCCC(c1ccccc1)N1CC(C(C)C(=O)O)C1. The van der Waals surface area contributed by atoms with Crippen LogP contribution in [-0.2, 0) is 4.79 Å². The van der Waals surface area contributed by atoms with Gasteiger partial charge in [-0.3, -0.25) is 9.69 Å². The van der Waals surface area contributed by atoms with Gasteiger partial charge in [-0.25, -0.2) is 0 Å². The first-order valence-electron chi connectivity index (χ1n) is 7.15. The molecule has 3 nitrogen and oxygen atoms in total. The summed E-state index contributed by atoms with van der Waals surface area (Å²) in [5.74, 6) is -0.591. The first kappa shape index (κ1) is 14.1. The lowest BCUT2D eigenvalue weighted by atomic mass is 9.84. The number of carboxylic acid groups (broad SMARTS) is 1. The molecule has 3 heteroatoms. The van der Waals surface area contributed by atoms with Gasteiger partial charge >= 0.3 is 5.97 Å². The molecule has 1 fully saturated rings. The fourth-order valence-corrected chi connectivity index (χ4v) is 2.83. The fourth-order valence-electron chi connectivity index (χ4n) is 2.83. The number of carbonyl (C=O) groups is 1. The summed E-state index contributed by atoms with van der Waals surface area (Å²) >= 11 is 0. The van der Waals surface area contributed by atoms with Gasteiger partial charge in [0.15, 0.2) is 0 Å². The lowest BCUT2D eigenvalue weighted by molar-refractivity contribution is -0.146. The first-order chi connectivity index (χ1) is 9.13. The predicted octanol–water partition coefficient (Wildman–Crippen LogP) is 3.18. The second kappa shape index (κ2) is 6.20. The molecule has 2 atom stereocenters. The molecule has 0 radical (unpaired) electrons. The molecule has 0 bridgehead atoms. The molecule has 0 saturated carbocycles. The molecular formula is C16H23NO2. The standard InChI is InChI=1S/C16H23NO2/c1-3-7-15(13-8-5-4-6-9-13)17-10-14(11-17)12(2)16(18)19/h4-6,8-9,12,14-15H,3,7,10-11H2,1-2H3,(H,18,19). The van der Waals surface area contributed by atoms with Crippen LogP contribution in [0.25, 0.3) is 0 Å². The van der Waals surface area contributed by atoms with E-state index < -0.39 is 5.97 Å². The molecule has 1 aliphatic rings. The fraction of sp³-hybridized carbons (Fsp3) is 0.562. The molecule has 0 spiro atoms. The van der Waals surface area contributed by atoms with Crippen molar-refractivity contribution in [3.63, 3.8) is 0 Å². The largest absolute Gasteiger partial charge is 0.481 e. The van der Waals surface area contributed by atoms with E-state index in [0.717, 1.165) is 25.9 Å². The van der Waals surface area contributed by atoms with Gasteiger partial charge in [-0.05, 0) is 17.9 Å². The summed E-state index contributed by atoms with van der Waals surface area (Å²) in [4.78, 5) is 13.4. The normalized spacial score (nSPS) is 19.7. The lowest BCUT2D eigenvalue weighted by Crippen LogP contribution is -2.52. The maximum Gasteiger partial charge on any atom is 0.306 e. The zero-order chi connectivity index (χ0) is 13.8. The van der Waals surface area contributed by atoms with Crippen molar-refractivity contribution in [1.82, 2.24) is 4.90 Å². The Kier molecular flexibility index (Phi) is 4.59. The van der Waals surface area contributed by atoms with Crippen LogP contribution < -0.4 is 0 Å². The minimum absolute atomic E-state index is 0.228. The van der Waals surface area contributed by atoms with Crippen LogP contribution in [-0.4, -0.2) is 29.1 Å². The minimum atomic E-state index is -0.670. The van der Waals surface area contributed by atoms with E-state index in [4.69, 9.17) is 5.11 Å². The van der Waals surface area contributed by atoms with E-state index in [1.165, 1.54) is 5.56 Å². The molecule has 0 amide bonds. The van der Waals surface area contributed by atoms with Crippen LogP contribution in [0.15, 0.2) is 30.3 Å². The molecule has 104 valence electrons. The maximum absolute atomic E-state index is 11.0. The van der Waals surface area contributed by atoms with Crippen molar-refractivity contribution in [3.05, 3.63) is 35.9 Å². The van der Waals surface area contributed by atoms with Crippen molar-refractivity contribution in [2.75, 3.05) is 13.1 Å². The Bertz CT molecular complexity index is 412. The van der Waals surface area contributed by atoms with Gasteiger partial charge in [0.1, 0.15) is 0 Å². The van der Waals surface area contributed by atoms with Gasteiger partial charge in [0.05, 0.1) is 5.92 Å². The topological polar surface area (TPSA) is 40.5 Å². The van der Waals surface area contributed by atoms with Crippen molar-refractivity contribution in [1.29, 1.82) is 0 Å². The molecule has 0 aliphatic carbocycles. The molecular weight excluding hydrogens is 238 g/mol. The van der Waals surface area contributed by atoms with E-state index >= 15 is 0 Å². The number of benzene rings is 1. The summed E-state index contributed by atoms with van der Waals surface area (Å²) in [6.07, 6.45) is 2.29. The summed E-state index contributed by atoms with van der Waals surface area (Å²) in [6, 6.07) is 11.0. The molecule has 1 aromatic carbocycles. The van der Waals surface area contributed by atoms with Crippen molar-refractivity contribution in [3.8, 4) is 0 Å². The van der Waals surface area contributed by atoms with Crippen LogP contribution in [0, 0.1) is 11.8 Å². The van der Waals surface area contributed by atoms with Gasteiger partial charge in [0.2, 0.25) is 0 Å². The quantitative estimate of drug-likeness (QED) is 0.855. The Labute approximate surface area is 115 Å². The van der Waals surface area contributed by atoms with Gasteiger partial charge in [-0.1, -0.05) is 50.6 Å². The van der Waals surface area contributed by atoms with Crippen molar-refractivity contribution in [2.45, 2.75) is 32.7 Å². The summed E-state index contributed by atoms with van der Waals surface area (Å²) in [7, 11) is 0. The summed E-state index contributed by atoms with van der Waals surface area (Å²) < 4.78 is 0. The Morgan fingerprint density at radius 2 is 2.00 bits per heavy atom. The predicted molar refractivity (Wildman–Crippen MR) is 76.0 cm³/mol. The van der Waals surface area contributed by atoms with Crippen LogP contribution in [0.1, 0.15) is 38.3 Å². The molecule has 2 unspecified atom stereocenters. The monoisotopic (exact) mass is 261 g/mol. The highest BCUT2D eigenvalue weighted by Crippen LogP contribution is 2.34. The third-order valence-corrected chi connectivity index (χ3v) is 4.22. The molecule has 1 saturated heterocycles. The number of aliphatic carboxylic acids is 1. The number of carboxylic acids is 1. The summed E-state index contributed by atoms with van der Waals surface area (Å²) in [5.41, 5.74) is 1.35. The molecule has 0 aromatic heterocycles. The van der Waals surface area contributed by atoms with Crippen molar-refractivity contribution >= 4 is 5.97 Å². The van der Waals surface area contributed by atoms with E-state index in [0.29, 0.717) is 12.0 Å². The highest BCUT2D eigenvalue weighted by Gasteiger charge is 2.37. The van der Waals surface area contributed by atoms with E-state index in [1.807, 2.05) is 13.0 Å². The molecule has 1 aromatic rings. The van der Waals surface area contributed by atoms with Gasteiger partial charge in [-0.2, -0.15) is 0 Å². The summed E-state index contributed by atoms with van der Waals surface area (Å²) in [6.45, 7) is 5.84. The van der Waals surface area contributed by atoms with Crippen LogP contribution >= 0.6 is 0 Å². The van der Waals surface area contributed by atoms with Crippen molar-refractivity contribution in [2.24, 2.45) is 11.8 Å². The van der Waals surface area contributed by atoms with Gasteiger partial charge in [0, 0.05) is 19.1 Å². The zero-order valence-electron chi connectivity index (χ0n) is 11.7. The number of nitrogens with zero attached hydrogens (tertiary/aromatic N) is 1. The second-order valence-electron chi connectivity index (χ2n) is 5.56. The van der Waals surface area contributed by atoms with Gasteiger partial charge in [0.25, 0.3) is 0 Å². The Balaban J connectivity index is 1.98. The van der Waals surface area contributed by atoms with Crippen LogP contribution in [0.2, 0.25) is 0 Å². The number of likely N-dealkylation sites (tertiary alicyclic amines) is 1. The molecule has 1 heterocycles. The third-order valence-electron chi connectivity index (χ3n) is 4.22. The van der Waals surface area contributed by atoms with Gasteiger partial charge in [-0.15, -0.1) is 0 Å². The van der Waals surface area contributed by atoms with Crippen LogP contribution in [0.5, 0.6) is 0 Å². The average Bonchev–Trinajstić information content (AvgIpc) is 2.36. The molecule has 1 aliphatic heterocycles. The Morgan fingerprint density at radius 1 is 1.37 bits per heavy atom. The number of hydrogen-bond acceptors (Lipinski definition) is 2. The van der Waals surface area contributed by atoms with Crippen LogP contribution in [0.3, 0.4) is 0 Å². The Hall–Kier alpha value is -1.35. The maximum atomic E-state index is 11.0. The van der Waals surface area contributed by atoms with E-state index in [1.54, 1.807) is 0 Å². The molecule has 19 heavy (non-hydrogen) atoms. The van der Waals surface area contributed by atoms with Crippen molar-refractivity contribution < 1.29 is 9.90 Å². The highest BCUT2D eigenvalue weighted by atomic mass is 16.4. The average molecular weight is 261 g/mol. The summed E-state index contributed by atoms with van der Waals surface area (Å²) in [5, 5.41) is 9.04. The first-order valence-corrected chi connectivity index (χ1v) is 7.15. The third kappa shape index (κ3) is 3.16. The van der Waals surface area contributed by atoms with Crippen LogP contribution in [0.4, 0.5) is 0 Å². The number of hydrogen-bond donors (Lipinski definition) is 1. The highest BCUT2D eigenvalue weighted by molar-refractivity contribution is 5.70. The lowest BCUT2D eigenvalue weighted by Gasteiger charge is -2.46. The minimum Gasteiger partial charge on any atom is -0.481 e. The van der Waals surface area contributed by atoms with E-state index in [-0.39, 0.29) is 5.92 Å². The second-order valence-corrected chi connectivity index (χ2v) is 5.56. The van der Waals surface area contributed by atoms with E-state index in [2.05, 4.69) is 36.1 Å². The Morgan fingerprint density at radius 3 is 2.53 bits per heavy atom. The molecule has 2 rings (SSSR count). The zero-order valence-corrected chi connectivity index (χ0v) is 11.7. The smallest absolute Gasteiger partial charge is 0.306 e. The van der Waals surface area contributed by atoms with Gasteiger partial charge < -0.3 is 5.11 Å². The number of rotatable bonds is 6. The molecule has 1 N–H and O–H groups in total. The van der Waals surface area contributed by atoms with E-state index in [9.17, 15) is 4.79 Å².